The summed E-state index contributed by atoms with van der Waals surface area (Å²) in [6, 6.07) is 1.13. The molecule has 0 saturated carbocycles. The molecular weight excluding hydrogens is 430 g/mol. The Bertz CT molecular complexity index is 902. The van der Waals surface area contributed by atoms with E-state index in [0.717, 1.165) is 4.90 Å². The van der Waals surface area contributed by atoms with Crippen molar-refractivity contribution in [2.75, 3.05) is 4.90 Å². The van der Waals surface area contributed by atoms with Crippen molar-refractivity contribution in [3.63, 3.8) is 0 Å². The van der Waals surface area contributed by atoms with Gasteiger partial charge in [0.25, 0.3) is 5.91 Å². The fourth-order valence-electron chi connectivity index (χ4n) is 3.43. The van der Waals surface area contributed by atoms with Crippen LogP contribution < -0.4 is 10.2 Å². The largest absolute Gasteiger partial charge is 0.480 e. The molecule has 0 spiro atoms. The number of esters is 1. The first-order valence-corrected chi connectivity index (χ1v) is 10.9. The molecule has 2 atom stereocenters. The maximum atomic E-state index is 13.5. The maximum absolute atomic E-state index is 13.5. The topological polar surface area (TPSA) is 135 Å². The van der Waals surface area contributed by atoms with Crippen LogP contribution in [0, 0.1) is 0 Å². The van der Waals surface area contributed by atoms with Crippen LogP contribution in [0.5, 0.6) is 0 Å². The number of pyridine rings is 1. The molecule has 10 heteroatoms. The normalized spacial score (nSPS) is 16.5. The number of alkyl carbamates (subject to hydrolysis) is 1. The molecule has 2 rings (SSSR count). The van der Waals surface area contributed by atoms with Crippen molar-refractivity contribution in [1.82, 2.24) is 10.3 Å². The zero-order valence-corrected chi connectivity index (χ0v) is 20.0. The first-order valence-electron chi connectivity index (χ1n) is 10.9. The predicted octanol–water partition coefficient (Wildman–Crippen LogP) is 2.83. The summed E-state index contributed by atoms with van der Waals surface area (Å²) in [6.07, 6.45) is 1.13. The average molecular weight is 464 g/mol. The van der Waals surface area contributed by atoms with Gasteiger partial charge in [0.15, 0.2) is 0 Å². The van der Waals surface area contributed by atoms with Crippen molar-refractivity contribution in [1.29, 1.82) is 0 Å². The second kappa shape index (κ2) is 10.2. The number of aromatic nitrogens is 1. The molecule has 1 aliphatic rings. The summed E-state index contributed by atoms with van der Waals surface area (Å²) in [4.78, 5) is 55.1. The van der Waals surface area contributed by atoms with E-state index < -0.39 is 47.2 Å². The standard InChI is InChI=1S/C23H33N3O7/c1-22(2,3)32-17(27)11-7-10-15(25-21(31)33-23(4,5)6)19(28)26-16(20(29)30)13-14-9-8-12-24-18(14)26/h8-9,12,15-16H,7,10-11,13H2,1-6H3,(H,25,31)(H,29,30). The van der Waals surface area contributed by atoms with Crippen LogP contribution in [0.1, 0.15) is 66.4 Å². The minimum atomic E-state index is -1.17. The van der Waals surface area contributed by atoms with Gasteiger partial charge in [0.1, 0.15) is 29.1 Å². The Balaban J connectivity index is 2.22. The highest BCUT2D eigenvalue weighted by molar-refractivity contribution is 6.04. The Labute approximate surface area is 193 Å². The molecule has 0 aliphatic carbocycles. The second-order valence-corrected chi connectivity index (χ2v) is 9.93. The number of amides is 2. The molecule has 0 saturated heterocycles. The third-order valence-corrected chi connectivity index (χ3v) is 4.63. The quantitative estimate of drug-likeness (QED) is 0.589. The van der Waals surface area contributed by atoms with E-state index in [4.69, 9.17) is 9.47 Å². The number of nitrogens with one attached hydrogen (secondary N) is 1. The minimum Gasteiger partial charge on any atom is -0.480 e. The van der Waals surface area contributed by atoms with E-state index in [0.29, 0.717) is 5.56 Å². The molecule has 2 unspecified atom stereocenters. The van der Waals surface area contributed by atoms with Crippen LogP contribution >= 0.6 is 0 Å². The summed E-state index contributed by atoms with van der Waals surface area (Å²) in [5.41, 5.74) is -0.802. The number of fused-ring (bicyclic) bond motifs is 1. The Morgan fingerprint density at radius 3 is 2.36 bits per heavy atom. The number of carboxylic acid groups (broad SMARTS) is 1. The van der Waals surface area contributed by atoms with E-state index >= 15 is 0 Å². The Kier molecular flexibility index (Phi) is 8.05. The van der Waals surface area contributed by atoms with Gasteiger partial charge < -0.3 is 19.9 Å². The molecule has 2 amide bonds. The summed E-state index contributed by atoms with van der Waals surface area (Å²) < 4.78 is 10.6. The summed E-state index contributed by atoms with van der Waals surface area (Å²) >= 11 is 0. The van der Waals surface area contributed by atoms with Gasteiger partial charge in [-0.3, -0.25) is 14.5 Å². The lowest BCUT2D eigenvalue weighted by molar-refractivity contribution is -0.155. The van der Waals surface area contributed by atoms with Gasteiger partial charge in [0, 0.05) is 19.0 Å². The number of aliphatic carboxylic acids is 1. The molecule has 10 nitrogen and oxygen atoms in total. The van der Waals surface area contributed by atoms with Crippen LogP contribution in [0.4, 0.5) is 10.6 Å². The van der Waals surface area contributed by atoms with Gasteiger partial charge >= 0.3 is 18.0 Å². The Hall–Kier alpha value is -3.17. The SMILES string of the molecule is CC(C)(C)OC(=O)CCCC(NC(=O)OC(C)(C)C)C(=O)N1c2ncccc2CC1C(=O)O. The first kappa shape index (κ1) is 26.1. The summed E-state index contributed by atoms with van der Waals surface area (Å²) in [7, 11) is 0. The van der Waals surface area contributed by atoms with Crippen LogP contribution in [0.15, 0.2) is 18.3 Å². The highest BCUT2D eigenvalue weighted by Gasteiger charge is 2.42. The molecule has 0 fully saturated rings. The van der Waals surface area contributed by atoms with Crippen molar-refractivity contribution in [2.24, 2.45) is 0 Å². The number of carboxylic acids is 1. The van der Waals surface area contributed by atoms with Gasteiger partial charge in [0.05, 0.1) is 0 Å². The van der Waals surface area contributed by atoms with Gasteiger partial charge in [-0.05, 0) is 66.0 Å². The van der Waals surface area contributed by atoms with Gasteiger partial charge in [-0.2, -0.15) is 0 Å². The molecule has 0 radical (unpaired) electrons. The molecule has 33 heavy (non-hydrogen) atoms. The summed E-state index contributed by atoms with van der Waals surface area (Å²) in [5.74, 6) is -1.98. The van der Waals surface area contributed by atoms with Crippen molar-refractivity contribution < 1.29 is 33.8 Å². The van der Waals surface area contributed by atoms with E-state index in [9.17, 15) is 24.3 Å². The highest BCUT2D eigenvalue weighted by Crippen LogP contribution is 2.31. The monoisotopic (exact) mass is 463 g/mol. The van der Waals surface area contributed by atoms with Crippen LogP contribution in [-0.2, 0) is 30.3 Å². The van der Waals surface area contributed by atoms with Crippen LogP contribution in [0.3, 0.4) is 0 Å². The lowest BCUT2D eigenvalue weighted by Crippen LogP contribution is -2.53. The summed E-state index contributed by atoms with van der Waals surface area (Å²) in [6.45, 7) is 10.3. The number of rotatable bonds is 7. The third-order valence-electron chi connectivity index (χ3n) is 4.63. The number of anilines is 1. The van der Waals surface area contributed by atoms with Crippen LogP contribution in [0.25, 0.3) is 0 Å². The number of nitrogens with zero attached hydrogens (tertiary/aromatic N) is 2. The zero-order valence-electron chi connectivity index (χ0n) is 20.0. The van der Waals surface area contributed by atoms with E-state index in [2.05, 4.69) is 10.3 Å². The second-order valence-electron chi connectivity index (χ2n) is 9.93. The van der Waals surface area contributed by atoms with Crippen LogP contribution in [0.2, 0.25) is 0 Å². The summed E-state index contributed by atoms with van der Waals surface area (Å²) in [5, 5.41) is 12.2. The molecule has 1 aromatic rings. The number of ether oxygens (including phenoxy) is 2. The smallest absolute Gasteiger partial charge is 0.408 e. The number of hydrogen-bond donors (Lipinski definition) is 2. The van der Waals surface area contributed by atoms with Crippen LogP contribution in [-0.4, -0.2) is 57.3 Å². The molecule has 2 heterocycles. The average Bonchev–Trinajstić information content (AvgIpc) is 3.03. The van der Waals surface area contributed by atoms with E-state index in [1.165, 1.54) is 6.20 Å². The third kappa shape index (κ3) is 7.73. The molecule has 1 aliphatic heterocycles. The molecule has 182 valence electrons. The first-order chi connectivity index (χ1) is 15.2. The Morgan fingerprint density at radius 1 is 1.15 bits per heavy atom. The van der Waals surface area contributed by atoms with Gasteiger partial charge in [-0.25, -0.2) is 14.6 Å². The molecule has 1 aromatic heterocycles. The molecule has 0 bridgehead atoms. The molecule has 0 aromatic carbocycles. The number of carbonyl (C=O) groups is 4. The van der Waals surface area contributed by atoms with Crippen molar-refractivity contribution >= 4 is 29.8 Å². The van der Waals surface area contributed by atoms with Crippen molar-refractivity contribution in [2.45, 2.75) is 90.5 Å². The van der Waals surface area contributed by atoms with E-state index in [-0.39, 0.29) is 31.5 Å². The van der Waals surface area contributed by atoms with Crippen molar-refractivity contribution in [3.05, 3.63) is 23.9 Å². The fraction of sp³-hybridized carbons (Fsp3) is 0.609. The van der Waals surface area contributed by atoms with Gasteiger partial charge in [-0.1, -0.05) is 6.07 Å². The van der Waals surface area contributed by atoms with E-state index in [1.807, 2.05) is 0 Å². The number of hydrogen-bond acceptors (Lipinski definition) is 7. The minimum absolute atomic E-state index is 0.0360. The predicted molar refractivity (Wildman–Crippen MR) is 120 cm³/mol. The lowest BCUT2D eigenvalue weighted by Gasteiger charge is -2.28. The maximum Gasteiger partial charge on any atom is 0.408 e. The molecule has 2 N–H and O–H groups in total. The van der Waals surface area contributed by atoms with E-state index in [1.54, 1.807) is 53.7 Å². The zero-order chi connectivity index (χ0) is 25.0. The fourth-order valence-corrected chi connectivity index (χ4v) is 3.43. The number of carbonyl (C=O) groups excluding carboxylic acids is 3. The lowest BCUT2D eigenvalue weighted by atomic mass is 10.1. The highest BCUT2D eigenvalue weighted by atomic mass is 16.6. The molecular formula is C23H33N3O7. The van der Waals surface area contributed by atoms with Crippen molar-refractivity contribution in [3.8, 4) is 0 Å². The Morgan fingerprint density at radius 2 is 1.79 bits per heavy atom. The van der Waals surface area contributed by atoms with Gasteiger partial charge in [0.2, 0.25) is 0 Å². The van der Waals surface area contributed by atoms with Gasteiger partial charge in [-0.15, -0.1) is 0 Å².